The van der Waals surface area contributed by atoms with Crippen molar-refractivity contribution in [1.29, 1.82) is 0 Å². The van der Waals surface area contributed by atoms with Crippen LogP contribution in [0.25, 0.3) is 11.3 Å². The molecule has 5 rings (SSSR count). The van der Waals surface area contributed by atoms with E-state index in [1.54, 1.807) is 18.7 Å². The summed E-state index contributed by atoms with van der Waals surface area (Å²) in [4.78, 5) is 27.4. The second-order valence-corrected chi connectivity index (χ2v) is 11.6. The number of Topliss-reactive ketones (excluding diaryl/α,β-unsaturated/α-hetero) is 1. The normalized spacial score (nSPS) is 21.3. The van der Waals surface area contributed by atoms with Crippen molar-refractivity contribution in [2.45, 2.75) is 82.5 Å². The topological polar surface area (TPSA) is 92.6 Å². The first-order valence-corrected chi connectivity index (χ1v) is 13.8. The first kappa shape index (κ1) is 27.0. The number of carbonyl (C=O) groups excluding carboxylic acids is 2. The molecule has 1 aromatic heterocycles. The van der Waals surface area contributed by atoms with Crippen molar-refractivity contribution in [3.8, 4) is 11.3 Å². The Morgan fingerprint density at radius 2 is 1.72 bits per heavy atom. The van der Waals surface area contributed by atoms with Crippen LogP contribution in [0, 0.1) is 0 Å². The maximum atomic E-state index is 13.3. The molecule has 0 spiro atoms. The zero-order valence-corrected chi connectivity index (χ0v) is 23.2. The molecule has 1 aliphatic heterocycles. The molecule has 0 bridgehead atoms. The van der Waals surface area contributed by atoms with Crippen LogP contribution in [0.3, 0.4) is 0 Å². The van der Waals surface area contributed by atoms with E-state index < -0.39 is 16.6 Å². The van der Waals surface area contributed by atoms with Crippen LogP contribution in [0.1, 0.15) is 82.7 Å². The van der Waals surface area contributed by atoms with Gasteiger partial charge in [0.2, 0.25) is 0 Å². The van der Waals surface area contributed by atoms with Crippen molar-refractivity contribution < 1.29 is 19.4 Å². The predicted molar refractivity (Wildman–Crippen MR) is 149 cm³/mol. The lowest BCUT2D eigenvalue weighted by atomic mass is 9.80. The molecule has 1 aliphatic carbocycles. The lowest BCUT2D eigenvalue weighted by Gasteiger charge is -2.45. The van der Waals surface area contributed by atoms with E-state index in [1.165, 1.54) is 0 Å². The fourth-order valence-corrected chi connectivity index (χ4v) is 5.89. The molecule has 2 heterocycles. The molecule has 2 atom stereocenters. The second-order valence-electron chi connectivity index (χ2n) is 11.6. The predicted octanol–water partition coefficient (Wildman–Crippen LogP) is 6.11. The molecule has 2 aromatic carbocycles. The van der Waals surface area contributed by atoms with Crippen LogP contribution in [0.2, 0.25) is 0 Å². The van der Waals surface area contributed by atoms with Crippen LogP contribution in [0.5, 0.6) is 0 Å². The lowest BCUT2D eigenvalue weighted by Crippen LogP contribution is -2.51. The molecule has 204 valence electrons. The van der Waals surface area contributed by atoms with Gasteiger partial charge in [-0.05, 0) is 56.9 Å². The summed E-state index contributed by atoms with van der Waals surface area (Å²) in [5, 5.41) is 19.4. The van der Waals surface area contributed by atoms with E-state index in [-0.39, 0.29) is 17.9 Å². The van der Waals surface area contributed by atoms with E-state index >= 15 is 0 Å². The third-order valence-corrected chi connectivity index (χ3v) is 8.21. The number of nitrogens with zero attached hydrogens (tertiary/aromatic N) is 3. The third-order valence-electron chi connectivity index (χ3n) is 8.21. The summed E-state index contributed by atoms with van der Waals surface area (Å²) in [6.07, 6.45) is 2.73. The molecule has 2 aliphatic rings. The monoisotopic (exact) mass is 527 g/mol. The first-order valence-electron chi connectivity index (χ1n) is 13.8. The van der Waals surface area contributed by atoms with Gasteiger partial charge in [0.25, 0.3) is 0 Å². The number of aromatic nitrogens is 2. The first-order chi connectivity index (χ1) is 18.6. The average Bonchev–Trinajstić information content (AvgIpc) is 3.74. The highest BCUT2D eigenvalue weighted by Gasteiger charge is 2.51. The standard InChI is InChI=1S/C32H37N3O4/c1-5-28(36)31(17-18-31)27-16-15-26(33-34-27)24-13-11-23(12-14-24)22(2)35-20-19-32(39-29(35)37,21-30(3,4)38)25-9-7-6-8-10-25/h6-16,22,38H,5,17-21H2,1-4H3/t22-,32-/m0/s1. The van der Waals surface area contributed by atoms with Gasteiger partial charge < -0.3 is 14.7 Å². The van der Waals surface area contributed by atoms with Gasteiger partial charge in [0.1, 0.15) is 11.4 Å². The van der Waals surface area contributed by atoms with Crippen molar-refractivity contribution in [2.75, 3.05) is 6.54 Å². The Balaban J connectivity index is 1.30. The number of rotatable bonds is 9. The van der Waals surface area contributed by atoms with E-state index in [9.17, 15) is 14.7 Å². The van der Waals surface area contributed by atoms with Crippen molar-refractivity contribution in [1.82, 2.24) is 15.1 Å². The third kappa shape index (κ3) is 5.33. The van der Waals surface area contributed by atoms with Crippen molar-refractivity contribution in [3.05, 3.63) is 83.6 Å². The quantitative estimate of drug-likeness (QED) is 0.361. The van der Waals surface area contributed by atoms with Gasteiger partial charge in [-0.25, -0.2) is 4.79 Å². The largest absolute Gasteiger partial charge is 0.438 e. The number of aliphatic hydroxyl groups is 1. The van der Waals surface area contributed by atoms with Gasteiger partial charge in [-0.15, -0.1) is 0 Å². The number of hydrogen-bond donors (Lipinski definition) is 1. The minimum Gasteiger partial charge on any atom is -0.438 e. The Hall–Kier alpha value is -3.58. The van der Waals surface area contributed by atoms with Crippen LogP contribution in [0.15, 0.2) is 66.7 Å². The number of cyclic esters (lactones) is 1. The molecule has 2 fully saturated rings. The van der Waals surface area contributed by atoms with Crippen molar-refractivity contribution in [3.63, 3.8) is 0 Å². The van der Waals surface area contributed by atoms with Crippen molar-refractivity contribution in [2.24, 2.45) is 0 Å². The van der Waals surface area contributed by atoms with Crippen LogP contribution in [0.4, 0.5) is 4.79 Å². The molecule has 7 heteroatoms. The maximum Gasteiger partial charge on any atom is 0.411 e. The summed E-state index contributed by atoms with van der Waals surface area (Å²) in [7, 11) is 0. The molecule has 7 nitrogen and oxygen atoms in total. The zero-order valence-electron chi connectivity index (χ0n) is 23.2. The Kier molecular flexibility index (Phi) is 7.06. The summed E-state index contributed by atoms with van der Waals surface area (Å²) in [5.41, 5.74) is 2.03. The van der Waals surface area contributed by atoms with Gasteiger partial charge >= 0.3 is 6.09 Å². The van der Waals surface area contributed by atoms with Gasteiger partial charge in [-0.3, -0.25) is 4.79 Å². The molecule has 3 aromatic rings. The number of amides is 1. The fourth-order valence-electron chi connectivity index (χ4n) is 5.89. The molecule has 1 saturated carbocycles. The SMILES string of the molecule is CCC(=O)C1(c2ccc(-c3ccc([C@H](C)N4CC[C@](CC(C)(C)O)(c5ccccc5)OC4=O)cc3)nn2)CC1. The smallest absolute Gasteiger partial charge is 0.411 e. The zero-order chi connectivity index (χ0) is 27.8. The molecular weight excluding hydrogens is 490 g/mol. The molecule has 0 radical (unpaired) electrons. The summed E-state index contributed by atoms with van der Waals surface area (Å²) in [5.74, 6) is 0.236. The van der Waals surface area contributed by atoms with E-state index in [0.717, 1.165) is 40.9 Å². The summed E-state index contributed by atoms with van der Waals surface area (Å²) < 4.78 is 6.14. The summed E-state index contributed by atoms with van der Waals surface area (Å²) in [6.45, 7) is 7.89. The van der Waals surface area contributed by atoms with Crippen molar-refractivity contribution >= 4 is 11.9 Å². The highest BCUT2D eigenvalue weighted by atomic mass is 16.6. The molecular formula is C32H37N3O4. The van der Waals surface area contributed by atoms with Crippen LogP contribution in [-0.2, 0) is 20.5 Å². The summed E-state index contributed by atoms with van der Waals surface area (Å²) >= 11 is 0. The number of hydrogen-bond acceptors (Lipinski definition) is 6. The Labute approximate surface area is 230 Å². The van der Waals surface area contributed by atoms with E-state index in [2.05, 4.69) is 10.2 Å². The lowest BCUT2D eigenvalue weighted by molar-refractivity contribution is -0.121. The van der Waals surface area contributed by atoms with Gasteiger partial charge in [0.05, 0.1) is 28.4 Å². The minimum atomic E-state index is -0.994. The molecule has 39 heavy (non-hydrogen) atoms. The number of benzene rings is 2. The number of ether oxygens (including phenoxy) is 1. The number of carbonyl (C=O) groups is 2. The van der Waals surface area contributed by atoms with Gasteiger partial charge in [-0.2, -0.15) is 10.2 Å². The average molecular weight is 528 g/mol. The highest BCUT2D eigenvalue weighted by molar-refractivity contribution is 5.92. The maximum absolute atomic E-state index is 13.3. The molecule has 1 N–H and O–H groups in total. The highest BCUT2D eigenvalue weighted by Crippen LogP contribution is 2.49. The van der Waals surface area contributed by atoms with Crippen LogP contribution < -0.4 is 0 Å². The Morgan fingerprint density at radius 3 is 2.26 bits per heavy atom. The summed E-state index contributed by atoms with van der Waals surface area (Å²) in [6, 6.07) is 21.3. The molecule has 1 amide bonds. The van der Waals surface area contributed by atoms with Gasteiger partial charge in [0.15, 0.2) is 0 Å². The fraction of sp³-hybridized carbons (Fsp3) is 0.438. The second kappa shape index (κ2) is 10.2. The minimum absolute atomic E-state index is 0.189. The Morgan fingerprint density at radius 1 is 1.03 bits per heavy atom. The van der Waals surface area contributed by atoms with E-state index in [0.29, 0.717) is 25.8 Å². The van der Waals surface area contributed by atoms with Gasteiger partial charge in [0, 0.05) is 31.4 Å². The van der Waals surface area contributed by atoms with E-state index in [4.69, 9.17) is 4.74 Å². The van der Waals surface area contributed by atoms with Crippen LogP contribution >= 0.6 is 0 Å². The molecule has 0 unspecified atom stereocenters. The van der Waals surface area contributed by atoms with Gasteiger partial charge in [-0.1, -0.05) is 61.5 Å². The van der Waals surface area contributed by atoms with Crippen LogP contribution in [-0.4, -0.2) is 44.2 Å². The Bertz CT molecular complexity index is 1330. The molecule has 1 saturated heterocycles. The van der Waals surface area contributed by atoms with E-state index in [1.807, 2.05) is 80.6 Å². The number of ketones is 1.